The molecule has 136 valence electrons. The van der Waals surface area contributed by atoms with Gasteiger partial charge in [0.2, 0.25) is 5.91 Å². The predicted octanol–water partition coefficient (Wildman–Crippen LogP) is 2.89. The van der Waals surface area contributed by atoms with Crippen LogP contribution in [0.1, 0.15) is 21.0 Å². The van der Waals surface area contributed by atoms with E-state index in [0.29, 0.717) is 15.7 Å². The second-order valence-electron chi connectivity index (χ2n) is 5.24. The Morgan fingerprint density at radius 1 is 1.12 bits per heavy atom. The van der Waals surface area contributed by atoms with Crippen molar-refractivity contribution in [3.05, 3.63) is 57.8 Å². The first kappa shape index (κ1) is 19.7. The molecule has 0 atom stereocenters. The summed E-state index contributed by atoms with van der Waals surface area (Å²) in [6.07, 6.45) is 0. The maximum Gasteiger partial charge on any atom is 0.356 e. The number of ether oxygens (including phenoxy) is 1. The van der Waals surface area contributed by atoms with E-state index in [4.69, 9.17) is 23.2 Å². The minimum absolute atomic E-state index is 0.00649. The van der Waals surface area contributed by atoms with Crippen LogP contribution >= 0.6 is 23.2 Å². The zero-order valence-corrected chi connectivity index (χ0v) is 15.5. The number of hydrogen-bond acceptors (Lipinski definition) is 5. The zero-order valence-electron chi connectivity index (χ0n) is 14.0. The van der Waals surface area contributed by atoms with E-state index < -0.39 is 17.8 Å². The number of methoxy groups -OCH3 is 1. The van der Waals surface area contributed by atoms with Crippen molar-refractivity contribution in [2.45, 2.75) is 0 Å². The van der Waals surface area contributed by atoms with Gasteiger partial charge in [-0.3, -0.25) is 9.59 Å². The second kappa shape index (κ2) is 8.64. The number of likely N-dealkylation sites (N-methyl/N-ethyl adjacent to an activating group) is 1. The van der Waals surface area contributed by atoms with Gasteiger partial charge in [-0.25, -0.2) is 9.78 Å². The maximum absolute atomic E-state index is 12.4. The van der Waals surface area contributed by atoms with Gasteiger partial charge in [0, 0.05) is 12.7 Å². The summed E-state index contributed by atoms with van der Waals surface area (Å²) in [6.45, 7) is -0.219. The molecule has 0 fully saturated rings. The van der Waals surface area contributed by atoms with Crippen LogP contribution in [-0.4, -0.2) is 48.4 Å². The standard InChI is InChI=1S/C17H15Cl2N3O4/c1-22(9-15(23)20-10-6-7-11(18)12(19)8-10)16(24)13-4-3-5-14(21-13)17(25)26-2/h3-8H,9H2,1-2H3,(H,20,23). The van der Waals surface area contributed by atoms with E-state index in [0.717, 1.165) is 0 Å². The van der Waals surface area contributed by atoms with E-state index in [2.05, 4.69) is 15.0 Å². The van der Waals surface area contributed by atoms with Crippen LogP contribution in [0.5, 0.6) is 0 Å². The number of carbonyl (C=O) groups excluding carboxylic acids is 3. The van der Waals surface area contributed by atoms with Crippen LogP contribution in [0.15, 0.2) is 36.4 Å². The van der Waals surface area contributed by atoms with Crippen molar-refractivity contribution in [1.82, 2.24) is 9.88 Å². The highest BCUT2D eigenvalue weighted by molar-refractivity contribution is 6.42. The smallest absolute Gasteiger partial charge is 0.356 e. The number of aromatic nitrogens is 1. The fourth-order valence-electron chi connectivity index (χ4n) is 2.03. The summed E-state index contributed by atoms with van der Waals surface area (Å²) in [5.41, 5.74) is 0.487. The normalized spacial score (nSPS) is 10.2. The van der Waals surface area contributed by atoms with Crippen molar-refractivity contribution in [3.63, 3.8) is 0 Å². The molecule has 0 aliphatic rings. The Morgan fingerprint density at radius 2 is 1.81 bits per heavy atom. The second-order valence-corrected chi connectivity index (χ2v) is 6.05. The molecule has 2 amide bonds. The van der Waals surface area contributed by atoms with Gasteiger partial charge in [-0.05, 0) is 30.3 Å². The fraction of sp³-hybridized carbons (Fsp3) is 0.176. The van der Waals surface area contributed by atoms with E-state index in [1.807, 2.05) is 0 Å². The van der Waals surface area contributed by atoms with Crippen LogP contribution in [0.3, 0.4) is 0 Å². The molecular formula is C17H15Cl2N3O4. The molecule has 1 aromatic heterocycles. The van der Waals surface area contributed by atoms with E-state index in [1.165, 1.54) is 43.3 Å². The van der Waals surface area contributed by atoms with E-state index in [-0.39, 0.29) is 17.9 Å². The molecule has 7 nitrogen and oxygen atoms in total. The highest BCUT2D eigenvalue weighted by Gasteiger charge is 2.18. The molecule has 0 saturated carbocycles. The van der Waals surface area contributed by atoms with E-state index in [1.54, 1.807) is 12.1 Å². The lowest BCUT2D eigenvalue weighted by molar-refractivity contribution is -0.116. The Labute approximate surface area is 159 Å². The average molecular weight is 396 g/mol. The molecule has 0 aliphatic carbocycles. The lowest BCUT2D eigenvalue weighted by Crippen LogP contribution is -2.35. The van der Waals surface area contributed by atoms with Gasteiger partial charge in [-0.15, -0.1) is 0 Å². The minimum atomic E-state index is -0.653. The lowest BCUT2D eigenvalue weighted by Gasteiger charge is -2.16. The number of anilines is 1. The fourth-order valence-corrected chi connectivity index (χ4v) is 2.33. The summed E-state index contributed by atoms with van der Waals surface area (Å²) in [7, 11) is 2.67. The van der Waals surface area contributed by atoms with Gasteiger partial charge >= 0.3 is 5.97 Å². The summed E-state index contributed by atoms with van der Waals surface area (Å²) < 4.78 is 4.57. The number of esters is 1. The van der Waals surface area contributed by atoms with Crippen molar-refractivity contribution in [2.24, 2.45) is 0 Å². The molecule has 1 aromatic carbocycles. The van der Waals surface area contributed by atoms with Crippen LogP contribution < -0.4 is 5.32 Å². The largest absolute Gasteiger partial charge is 0.464 e. The minimum Gasteiger partial charge on any atom is -0.464 e. The Hall–Kier alpha value is -2.64. The Balaban J connectivity index is 2.03. The highest BCUT2D eigenvalue weighted by atomic mass is 35.5. The Morgan fingerprint density at radius 3 is 2.46 bits per heavy atom. The van der Waals surface area contributed by atoms with E-state index >= 15 is 0 Å². The summed E-state index contributed by atoms with van der Waals surface area (Å²) in [6, 6.07) is 9.04. The molecule has 1 heterocycles. The molecule has 0 unspecified atom stereocenters. The molecule has 0 radical (unpaired) electrons. The van der Waals surface area contributed by atoms with Crippen molar-refractivity contribution in [2.75, 3.05) is 26.0 Å². The van der Waals surface area contributed by atoms with Crippen LogP contribution in [-0.2, 0) is 9.53 Å². The number of halogens is 2. The summed E-state index contributed by atoms with van der Waals surface area (Å²) >= 11 is 11.7. The third kappa shape index (κ3) is 4.93. The molecule has 9 heteroatoms. The molecule has 0 spiro atoms. The number of rotatable bonds is 5. The van der Waals surface area contributed by atoms with Crippen molar-refractivity contribution in [3.8, 4) is 0 Å². The van der Waals surface area contributed by atoms with Gasteiger partial charge < -0.3 is 15.0 Å². The maximum atomic E-state index is 12.4. The Bertz CT molecular complexity index is 858. The lowest BCUT2D eigenvalue weighted by atomic mass is 10.2. The van der Waals surface area contributed by atoms with Gasteiger partial charge in [0.25, 0.3) is 5.91 Å². The van der Waals surface area contributed by atoms with Crippen LogP contribution in [0, 0.1) is 0 Å². The average Bonchev–Trinajstić information content (AvgIpc) is 2.63. The number of amides is 2. The zero-order chi connectivity index (χ0) is 19.3. The molecule has 26 heavy (non-hydrogen) atoms. The first-order valence-corrected chi connectivity index (χ1v) is 8.13. The van der Waals surface area contributed by atoms with Gasteiger partial charge in [0.15, 0.2) is 0 Å². The number of carbonyl (C=O) groups is 3. The summed E-state index contributed by atoms with van der Waals surface area (Å²) in [4.78, 5) is 41.1. The van der Waals surface area contributed by atoms with Gasteiger partial charge in [-0.1, -0.05) is 29.3 Å². The number of nitrogens with one attached hydrogen (secondary N) is 1. The van der Waals surface area contributed by atoms with Crippen molar-refractivity contribution < 1.29 is 19.1 Å². The monoisotopic (exact) mass is 395 g/mol. The molecule has 0 saturated heterocycles. The van der Waals surface area contributed by atoms with Gasteiger partial charge in [-0.2, -0.15) is 0 Å². The Kier molecular flexibility index (Phi) is 6.54. The quantitative estimate of drug-likeness (QED) is 0.786. The first-order valence-electron chi connectivity index (χ1n) is 7.37. The van der Waals surface area contributed by atoms with Crippen LogP contribution in [0.4, 0.5) is 5.69 Å². The van der Waals surface area contributed by atoms with E-state index in [9.17, 15) is 14.4 Å². The molecule has 1 N–H and O–H groups in total. The third-order valence-electron chi connectivity index (χ3n) is 3.29. The SMILES string of the molecule is COC(=O)c1cccc(C(=O)N(C)CC(=O)Nc2ccc(Cl)c(Cl)c2)n1. The van der Waals surface area contributed by atoms with Gasteiger partial charge in [0.05, 0.1) is 23.7 Å². The molecule has 0 aliphatic heterocycles. The van der Waals surface area contributed by atoms with Crippen LogP contribution in [0.25, 0.3) is 0 Å². The molecule has 2 rings (SSSR count). The third-order valence-corrected chi connectivity index (χ3v) is 4.03. The molecule has 0 bridgehead atoms. The number of pyridine rings is 1. The van der Waals surface area contributed by atoms with Crippen LogP contribution in [0.2, 0.25) is 10.0 Å². The topological polar surface area (TPSA) is 88.6 Å². The molecule has 2 aromatic rings. The highest BCUT2D eigenvalue weighted by Crippen LogP contribution is 2.24. The summed E-state index contributed by atoms with van der Waals surface area (Å²) in [5.74, 6) is -1.59. The summed E-state index contributed by atoms with van der Waals surface area (Å²) in [5, 5.41) is 3.29. The number of hydrogen-bond donors (Lipinski definition) is 1. The van der Waals surface area contributed by atoms with Crippen molar-refractivity contribution in [1.29, 1.82) is 0 Å². The predicted molar refractivity (Wildman–Crippen MR) is 97.6 cm³/mol. The van der Waals surface area contributed by atoms with Crippen molar-refractivity contribution >= 4 is 46.7 Å². The molecular weight excluding hydrogens is 381 g/mol. The number of nitrogens with zero attached hydrogens (tertiary/aromatic N) is 2. The van der Waals surface area contributed by atoms with Gasteiger partial charge in [0.1, 0.15) is 11.4 Å². The number of benzene rings is 1. The first-order chi connectivity index (χ1) is 12.3.